The number of hydrogen-bond donors (Lipinski definition) is 1. The molecule has 2 aromatic carbocycles. The number of anilines is 1. The lowest BCUT2D eigenvalue weighted by Gasteiger charge is -2.15. The van der Waals surface area contributed by atoms with E-state index in [0.29, 0.717) is 24.1 Å². The highest BCUT2D eigenvalue weighted by Crippen LogP contribution is 2.35. The van der Waals surface area contributed by atoms with Gasteiger partial charge in [0.25, 0.3) is 0 Å². The number of nitro groups is 1. The van der Waals surface area contributed by atoms with Crippen molar-refractivity contribution in [3.8, 4) is 0 Å². The van der Waals surface area contributed by atoms with Crippen molar-refractivity contribution in [1.29, 1.82) is 0 Å². The molecule has 0 spiro atoms. The number of benzene rings is 2. The first-order chi connectivity index (χ1) is 10.1. The van der Waals surface area contributed by atoms with Crippen LogP contribution in [0.5, 0.6) is 0 Å². The molecule has 1 unspecified atom stereocenters. The van der Waals surface area contributed by atoms with Crippen molar-refractivity contribution in [3.63, 3.8) is 0 Å². The molecule has 0 radical (unpaired) electrons. The van der Waals surface area contributed by atoms with E-state index in [9.17, 15) is 18.9 Å². The standard InChI is InChI=1S/C15H12F2N2O2/c16-12-3-1-2-11-10(12)5-6-14(11)18-9-4-7-15(19(20)21)13(17)8-9/h1-4,7-8,14,18H,5-6H2. The zero-order valence-electron chi connectivity index (χ0n) is 11.0. The highest BCUT2D eigenvalue weighted by Gasteiger charge is 2.25. The van der Waals surface area contributed by atoms with Gasteiger partial charge in [0.15, 0.2) is 0 Å². The highest BCUT2D eigenvalue weighted by molar-refractivity contribution is 5.52. The van der Waals surface area contributed by atoms with E-state index in [0.717, 1.165) is 17.7 Å². The highest BCUT2D eigenvalue weighted by atomic mass is 19.1. The predicted molar refractivity (Wildman–Crippen MR) is 74.1 cm³/mol. The van der Waals surface area contributed by atoms with Crippen molar-refractivity contribution in [3.05, 3.63) is 69.3 Å². The third-order valence-electron chi connectivity index (χ3n) is 3.70. The molecule has 1 aliphatic carbocycles. The molecule has 0 amide bonds. The maximum atomic E-state index is 13.6. The SMILES string of the molecule is O=[N+]([O-])c1ccc(NC2CCc3c(F)cccc32)cc1F. The van der Waals surface area contributed by atoms with Crippen LogP contribution in [0.25, 0.3) is 0 Å². The van der Waals surface area contributed by atoms with Crippen molar-refractivity contribution >= 4 is 11.4 Å². The molecule has 1 atom stereocenters. The minimum atomic E-state index is -0.887. The number of nitrogens with zero attached hydrogens (tertiary/aromatic N) is 1. The molecular weight excluding hydrogens is 278 g/mol. The van der Waals surface area contributed by atoms with Crippen LogP contribution in [0.15, 0.2) is 36.4 Å². The monoisotopic (exact) mass is 290 g/mol. The number of nitrogens with one attached hydrogen (secondary N) is 1. The fraction of sp³-hybridized carbons (Fsp3) is 0.200. The van der Waals surface area contributed by atoms with E-state index in [-0.39, 0.29) is 11.9 Å². The molecule has 0 bridgehead atoms. The zero-order chi connectivity index (χ0) is 15.0. The van der Waals surface area contributed by atoms with Crippen LogP contribution in [0.2, 0.25) is 0 Å². The minimum absolute atomic E-state index is 0.114. The van der Waals surface area contributed by atoms with Crippen molar-refractivity contribution in [1.82, 2.24) is 0 Å². The van der Waals surface area contributed by atoms with Crippen molar-refractivity contribution in [2.45, 2.75) is 18.9 Å². The van der Waals surface area contributed by atoms with Gasteiger partial charge in [0.1, 0.15) is 5.82 Å². The molecule has 0 saturated heterocycles. The summed E-state index contributed by atoms with van der Waals surface area (Å²) in [5, 5.41) is 13.7. The Labute approximate surface area is 119 Å². The lowest BCUT2D eigenvalue weighted by molar-refractivity contribution is -0.387. The van der Waals surface area contributed by atoms with Crippen LogP contribution in [0, 0.1) is 21.7 Å². The van der Waals surface area contributed by atoms with Gasteiger partial charge in [-0.25, -0.2) is 4.39 Å². The Morgan fingerprint density at radius 1 is 1.19 bits per heavy atom. The first-order valence-electron chi connectivity index (χ1n) is 6.54. The molecule has 4 nitrogen and oxygen atoms in total. The van der Waals surface area contributed by atoms with Crippen molar-refractivity contribution < 1.29 is 13.7 Å². The first-order valence-corrected chi connectivity index (χ1v) is 6.54. The van der Waals surface area contributed by atoms with Gasteiger partial charge in [0.2, 0.25) is 5.82 Å². The summed E-state index contributed by atoms with van der Waals surface area (Å²) < 4.78 is 27.2. The van der Waals surface area contributed by atoms with E-state index in [1.54, 1.807) is 6.07 Å². The minimum Gasteiger partial charge on any atom is -0.378 e. The van der Waals surface area contributed by atoms with Gasteiger partial charge in [-0.05, 0) is 36.1 Å². The van der Waals surface area contributed by atoms with Gasteiger partial charge in [-0.2, -0.15) is 4.39 Å². The molecule has 2 aromatic rings. The Bertz CT molecular complexity index is 719. The van der Waals surface area contributed by atoms with E-state index < -0.39 is 16.4 Å². The Kier molecular flexibility index (Phi) is 3.29. The molecule has 0 aromatic heterocycles. The van der Waals surface area contributed by atoms with Gasteiger partial charge in [0, 0.05) is 17.8 Å². The van der Waals surface area contributed by atoms with Crippen LogP contribution in [0.4, 0.5) is 20.2 Å². The summed E-state index contributed by atoms with van der Waals surface area (Å²) in [7, 11) is 0. The van der Waals surface area contributed by atoms with E-state index in [4.69, 9.17) is 0 Å². The maximum Gasteiger partial charge on any atom is 0.304 e. The van der Waals surface area contributed by atoms with Crippen LogP contribution in [-0.2, 0) is 6.42 Å². The molecule has 0 fully saturated rings. The topological polar surface area (TPSA) is 55.2 Å². The summed E-state index contributed by atoms with van der Waals surface area (Å²) in [6.45, 7) is 0. The van der Waals surface area contributed by atoms with Gasteiger partial charge >= 0.3 is 5.69 Å². The Morgan fingerprint density at radius 3 is 2.71 bits per heavy atom. The average Bonchev–Trinajstić information content (AvgIpc) is 2.83. The van der Waals surface area contributed by atoms with Crippen LogP contribution < -0.4 is 5.32 Å². The molecular formula is C15H12F2N2O2. The molecule has 6 heteroatoms. The largest absolute Gasteiger partial charge is 0.378 e. The molecule has 0 aliphatic heterocycles. The summed E-state index contributed by atoms with van der Waals surface area (Å²) in [4.78, 5) is 9.82. The normalized spacial score (nSPS) is 16.6. The van der Waals surface area contributed by atoms with E-state index in [2.05, 4.69) is 5.32 Å². The predicted octanol–water partition coefficient (Wildman–Crippen LogP) is 3.97. The van der Waals surface area contributed by atoms with Gasteiger partial charge in [-0.1, -0.05) is 12.1 Å². The van der Waals surface area contributed by atoms with Crippen LogP contribution in [0.3, 0.4) is 0 Å². The lowest BCUT2D eigenvalue weighted by Crippen LogP contribution is -2.07. The summed E-state index contributed by atoms with van der Waals surface area (Å²) in [5.41, 5.74) is 1.42. The molecule has 21 heavy (non-hydrogen) atoms. The van der Waals surface area contributed by atoms with Gasteiger partial charge in [-0.3, -0.25) is 10.1 Å². The molecule has 3 rings (SSSR count). The summed E-state index contributed by atoms with van der Waals surface area (Å²) >= 11 is 0. The Morgan fingerprint density at radius 2 is 2.00 bits per heavy atom. The quantitative estimate of drug-likeness (QED) is 0.687. The number of halogens is 2. The molecule has 1 N–H and O–H groups in total. The number of hydrogen-bond acceptors (Lipinski definition) is 3. The summed E-state index contributed by atoms with van der Waals surface area (Å²) in [5.74, 6) is -1.12. The van der Waals surface area contributed by atoms with E-state index in [1.165, 1.54) is 12.1 Å². The molecule has 0 heterocycles. The van der Waals surface area contributed by atoms with Crippen LogP contribution in [0.1, 0.15) is 23.6 Å². The zero-order valence-corrected chi connectivity index (χ0v) is 11.0. The second kappa shape index (κ2) is 5.12. The van der Waals surface area contributed by atoms with Crippen LogP contribution in [-0.4, -0.2) is 4.92 Å². The number of fused-ring (bicyclic) bond motifs is 1. The Hall–Kier alpha value is -2.50. The molecule has 1 aliphatic rings. The van der Waals surface area contributed by atoms with E-state index >= 15 is 0 Å². The van der Waals surface area contributed by atoms with Gasteiger partial charge < -0.3 is 5.32 Å². The molecule has 0 saturated carbocycles. The smallest absolute Gasteiger partial charge is 0.304 e. The second-order valence-corrected chi connectivity index (χ2v) is 4.97. The number of rotatable bonds is 3. The van der Waals surface area contributed by atoms with Crippen LogP contribution >= 0.6 is 0 Å². The van der Waals surface area contributed by atoms with Gasteiger partial charge in [0.05, 0.1) is 11.0 Å². The number of nitro benzene ring substituents is 1. The Balaban J connectivity index is 1.85. The maximum absolute atomic E-state index is 13.6. The fourth-order valence-electron chi connectivity index (χ4n) is 2.71. The van der Waals surface area contributed by atoms with Gasteiger partial charge in [-0.15, -0.1) is 0 Å². The third-order valence-corrected chi connectivity index (χ3v) is 3.70. The van der Waals surface area contributed by atoms with Crippen molar-refractivity contribution in [2.24, 2.45) is 0 Å². The lowest BCUT2D eigenvalue weighted by atomic mass is 10.1. The first kappa shape index (κ1) is 13.5. The van der Waals surface area contributed by atoms with E-state index in [1.807, 2.05) is 6.07 Å². The average molecular weight is 290 g/mol. The molecule has 108 valence electrons. The van der Waals surface area contributed by atoms with Crippen molar-refractivity contribution in [2.75, 3.05) is 5.32 Å². The summed E-state index contributed by atoms with van der Waals surface area (Å²) in [6.07, 6.45) is 1.32. The fourth-order valence-corrected chi connectivity index (χ4v) is 2.71. The second-order valence-electron chi connectivity index (χ2n) is 4.97. The summed E-state index contributed by atoms with van der Waals surface area (Å²) in [6, 6.07) is 8.46. The third kappa shape index (κ3) is 2.44.